The van der Waals surface area contributed by atoms with Crippen LogP contribution < -0.4 is 4.72 Å². The van der Waals surface area contributed by atoms with Crippen LogP contribution in [-0.4, -0.2) is 34.4 Å². The Morgan fingerprint density at radius 2 is 2.15 bits per heavy atom. The van der Waals surface area contributed by atoms with Crippen LogP contribution in [0.5, 0.6) is 0 Å². The molecule has 3 N–H and O–H groups in total. The van der Waals surface area contributed by atoms with Crippen LogP contribution in [0.2, 0.25) is 0 Å². The summed E-state index contributed by atoms with van der Waals surface area (Å²) in [6, 6.07) is 3.81. The van der Waals surface area contributed by atoms with Crippen molar-refractivity contribution in [1.29, 1.82) is 5.26 Å². The van der Waals surface area contributed by atoms with Crippen molar-refractivity contribution in [3.63, 3.8) is 0 Å². The standard InChI is InChI=1S/C16H16FN5O3S/c1-9(10(2)23)22-8-12(7-20-22)26(24,25)21-14-4-3-13(17)15-11(5-18)6-19-16(14)15/h3-4,6-10,19,21,23H,1-2H3. The van der Waals surface area contributed by atoms with E-state index in [1.807, 2.05) is 6.07 Å². The summed E-state index contributed by atoms with van der Waals surface area (Å²) < 4.78 is 42.9. The number of aliphatic hydroxyl groups excluding tert-OH is 1. The van der Waals surface area contributed by atoms with E-state index < -0.39 is 28.0 Å². The van der Waals surface area contributed by atoms with Crippen LogP contribution in [0, 0.1) is 17.1 Å². The van der Waals surface area contributed by atoms with Crippen molar-refractivity contribution in [3.05, 3.63) is 42.1 Å². The zero-order valence-corrected chi connectivity index (χ0v) is 14.7. The van der Waals surface area contributed by atoms with Crippen LogP contribution in [-0.2, 0) is 10.0 Å². The molecule has 0 aliphatic heterocycles. The Bertz CT molecular complexity index is 1110. The Kier molecular flexibility index (Phi) is 4.43. The van der Waals surface area contributed by atoms with E-state index in [-0.39, 0.29) is 27.0 Å². The molecule has 2 heterocycles. The minimum Gasteiger partial charge on any atom is -0.391 e. The van der Waals surface area contributed by atoms with Crippen molar-refractivity contribution < 1.29 is 17.9 Å². The molecule has 0 spiro atoms. The van der Waals surface area contributed by atoms with E-state index in [0.717, 1.165) is 12.3 Å². The van der Waals surface area contributed by atoms with Gasteiger partial charge in [-0.3, -0.25) is 9.40 Å². The molecule has 0 aliphatic carbocycles. The third kappa shape index (κ3) is 3.02. The predicted octanol–water partition coefficient (Wildman–Crippen LogP) is 2.12. The molecule has 1 aromatic carbocycles. The molecule has 3 aromatic rings. The topological polar surface area (TPSA) is 124 Å². The monoisotopic (exact) mass is 377 g/mol. The van der Waals surface area contributed by atoms with Gasteiger partial charge in [0, 0.05) is 12.4 Å². The maximum Gasteiger partial charge on any atom is 0.265 e. The van der Waals surface area contributed by atoms with Crippen LogP contribution in [0.15, 0.2) is 35.6 Å². The number of H-pyrrole nitrogens is 1. The summed E-state index contributed by atoms with van der Waals surface area (Å²) in [4.78, 5) is 2.62. The van der Waals surface area contributed by atoms with E-state index in [1.165, 1.54) is 23.1 Å². The molecule has 136 valence electrons. The second-order valence-electron chi connectivity index (χ2n) is 5.90. The highest BCUT2D eigenvalue weighted by Crippen LogP contribution is 2.29. The highest BCUT2D eigenvalue weighted by atomic mass is 32.2. The molecule has 8 nitrogen and oxygen atoms in total. The molecule has 0 saturated carbocycles. The van der Waals surface area contributed by atoms with Crippen LogP contribution in [0.1, 0.15) is 25.5 Å². The molecule has 3 rings (SSSR count). The number of anilines is 1. The van der Waals surface area contributed by atoms with E-state index in [1.54, 1.807) is 13.8 Å². The maximum absolute atomic E-state index is 14.0. The molecule has 2 aromatic heterocycles. The number of hydrogen-bond donors (Lipinski definition) is 3. The van der Waals surface area contributed by atoms with Crippen molar-refractivity contribution in [3.8, 4) is 6.07 Å². The van der Waals surface area contributed by atoms with Crippen molar-refractivity contribution in [2.75, 3.05) is 4.72 Å². The minimum atomic E-state index is -3.99. The van der Waals surface area contributed by atoms with E-state index in [2.05, 4.69) is 14.8 Å². The molecular formula is C16H16FN5O3S. The van der Waals surface area contributed by atoms with Crippen LogP contribution >= 0.6 is 0 Å². The first-order chi connectivity index (χ1) is 12.2. The van der Waals surface area contributed by atoms with Gasteiger partial charge in [-0.05, 0) is 26.0 Å². The lowest BCUT2D eigenvalue weighted by molar-refractivity contribution is 0.132. The van der Waals surface area contributed by atoms with Gasteiger partial charge in [0.2, 0.25) is 0 Å². The summed E-state index contributed by atoms with van der Waals surface area (Å²) in [6.07, 6.45) is 3.07. The summed E-state index contributed by atoms with van der Waals surface area (Å²) in [7, 11) is -3.99. The van der Waals surface area contributed by atoms with Gasteiger partial charge in [0.05, 0.1) is 40.5 Å². The number of nitriles is 1. The summed E-state index contributed by atoms with van der Waals surface area (Å²) in [6.45, 7) is 3.28. The molecule has 0 radical (unpaired) electrons. The lowest BCUT2D eigenvalue weighted by atomic mass is 10.1. The van der Waals surface area contributed by atoms with Crippen molar-refractivity contribution in [1.82, 2.24) is 14.8 Å². The number of benzene rings is 1. The average Bonchev–Trinajstić information content (AvgIpc) is 3.24. The first-order valence-electron chi connectivity index (χ1n) is 7.69. The number of aromatic nitrogens is 3. The summed E-state index contributed by atoms with van der Waals surface area (Å²) in [5, 5.41) is 22.6. The van der Waals surface area contributed by atoms with Crippen LogP contribution in [0.25, 0.3) is 10.9 Å². The number of nitrogens with zero attached hydrogens (tertiary/aromatic N) is 3. The number of rotatable bonds is 5. The Hall–Kier alpha value is -2.90. The number of halogens is 1. The molecule has 0 bridgehead atoms. The lowest BCUT2D eigenvalue weighted by Gasteiger charge is -2.14. The number of aliphatic hydroxyl groups is 1. The molecular weight excluding hydrogens is 361 g/mol. The van der Waals surface area contributed by atoms with Gasteiger partial charge in [0.1, 0.15) is 16.8 Å². The van der Waals surface area contributed by atoms with Gasteiger partial charge in [-0.1, -0.05) is 0 Å². The number of hydrogen-bond acceptors (Lipinski definition) is 5. The smallest absolute Gasteiger partial charge is 0.265 e. The fraction of sp³-hybridized carbons (Fsp3) is 0.250. The second kappa shape index (κ2) is 6.44. The zero-order chi connectivity index (χ0) is 19.1. The van der Waals surface area contributed by atoms with Gasteiger partial charge in [-0.2, -0.15) is 10.4 Å². The van der Waals surface area contributed by atoms with E-state index in [4.69, 9.17) is 5.26 Å². The predicted molar refractivity (Wildman–Crippen MR) is 92.4 cm³/mol. The molecule has 0 fully saturated rings. The Morgan fingerprint density at radius 1 is 1.42 bits per heavy atom. The van der Waals surface area contributed by atoms with Gasteiger partial charge in [0.25, 0.3) is 10.0 Å². The average molecular weight is 377 g/mol. The fourth-order valence-corrected chi connectivity index (χ4v) is 3.50. The summed E-state index contributed by atoms with van der Waals surface area (Å²) in [5.41, 5.74) is 0.367. The SMILES string of the molecule is CC(O)C(C)n1cc(S(=O)(=O)Nc2ccc(F)c3c(C#N)c[nH]c23)cn1. The molecule has 0 saturated heterocycles. The van der Waals surface area contributed by atoms with Crippen LogP contribution in [0.3, 0.4) is 0 Å². The Labute approximate surface area is 148 Å². The number of sulfonamides is 1. The maximum atomic E-state index is 14.0. The highest BCUT2D eigenvalue weighted by Gasteiger charge is 2.22. The first-order valence-corrected chi connectivity index (χ1v) is 9.17. The van der Waals surface area contributed by atoms with Gasteiger partial charge in [0.15, 0.2) is 0 Å². The van der Waals surface area contributed by atoms with Crippen LogP contribution in [0.4, 0.5) is 10.1 Å². The molecule has 0 aliphatic rings. The van der Waals surface area contributed by atoms with Gasteiger partial charge < -0.3 is 10.1 Å². The molecule has 0 amide bonds. The van der Waals surface area contributed by atoms with E-state index in [9.17, 15) is 17.9 Å². The fourth-order valence-electron chi connectivity index (χ4n) is 2.49. The lowest BCUT2D eigenvalue weighted by Crippen LogP contribution is -2.18. The summed E-state index contributed by atoms with van der Waals surface area (Å²) >= 11 is 0. The normalized spacial score (nSPS) is 14.1. The third-order valence-corrected chi connectivity index (χ3v) is 5.47. The van der Waals surface area contributed by atoms with E-state index >= 15 is 0 Å². The van der Waals surface area contributed by atoms with Crippen molar-refractivity contribution >= 4 is 26.6 Å². The second-order valence-corrected chi connectivity index (χ2v) is 7.58. The molecule has 2 atom stereocenters. The third-order valence-electron chi connectivity index (χ3n) is 4.15. The highest BCUT2D eigenvalue weighted by molar-refractivity contribution is 7.92. The van der Waals surface area contributed by atoms with Crippen molar-refractivity contribution in [2.45, 2.75) is 30.9 Å². The molecule has 10 heteroatoms. The molecule has 26 heavy (non-hydrogen) atoms. The summed E-state index contributed by atoms with van der Waals surface area (Å²) in [5.74, 6) is -0.626. The zero-order valence-electron chi connectivity index (χ0n) is 13.9. The first kappa shape index (κ1) is 17.9. The number of fused-ring (bicyclic) bond motifs is 1. The van der Waals surface area contributed by atoms with Gasteiger partial charge in [-0.15, -0.1) is 0 Å². The quantitative estimate of drug-likeness (QED) is 0.628. The molecule has 2 unspecified atom stereocenters. The Balaban J connectivity index is 1.99. The van der Waals surface area contributed by atoms with E-state index in [0.29, 0.717) is 0 Å². The van der Waals surface area contributed by atoms with Gasteiger partial charge >= 0.3 is 0 Å². The largest absolute Gasteiger partial charge is 0.391 e. The van der Waals surface area contributed by atoms with Gasteiger partial charge in [-0.25, -0.2) is 12.8 Å². The Morgan fingerprint density at radius 3 is 2.81 bits per heavy atom. The number of nitrogens with one attached hydrogen (secondary N) is 2. The minimum absolute atomic E-state index is 0.0196. The number of aromatic amines is 1. The van der Waals surface area contributed by atoms with Crippen molar-refractivity contribution in [2.24, 2.45) is 0 Å².